The number of halogens is 1. The molecule has 28 heavy (non-hydrogen) atoms. The minimum atomic E-state index is -0.568. The summed E-state index contributed by atoms with van der Waals surface area (Å²) in [5.41, 5.74) is 0.157. The minimum Gasteiger partial charge on any atom is -0.496 e. The van der Waals surface area contributed by atoms with Gasteiger partial charge in [-0.2, -0.15) is 5.10 Å². The first-order valence-electron chi connectivity index (χ1n) is 8.01. The lowest BCUT2D eigenvalue weighted by molar-refractivity contribution is -0.384. The zero-order chi connectivity index (χ0) is 20.1. The Morgan fingerprint density at radius 3 is 2.64 bits per heavy atom. The number of ether oxygens (including phenoxy) is 2. The summed E-state index contributed by atoms with van der Waals surface area (Å²) in [6.45, 7) is 0.0968. The van der Waals surface area contributed by atoms with E-state index in [9.17, 15) is 14.9 Å². The third-order valence-corrected chi connectivity index (χ3v) is 3.90. The number of rotatable bonds is 7. The van der Waals surface area contributed by atoms with Crippen molar-refractivity contribution in [3.05, 3.63) is 75.6 Å². The maximum absolute atomic E-state index is 12.4. The molecule has 9 nitrogen and oxygen atoms in total. The van der Waals surface area contributed by atoms with E-state index in [0.29, 0.717) is 10.8 Å². The Morgan fingerprint density at radius 2 is 1.96 bits per heavy atom. The summed E-state index contributed by atoms with van der Waals surface area (Å²) in [6, 6.07) is 12.3. The van der Waals surface area contributed by atoms with Gasteiger partial charge in [0.2, 0.25) is 0 Å². The normalized spacial score (nSPS) is 10.4. The average molecular weight is 403 g/mol. The molecule has 0 atom stereocenters. The Kier molecular flexibility index (Phi) is 5.75. The maximum atomic E-state index is 12.4. The predicted molar refractivity (Wildman–Crippen MR) is 102 cm³/mol. The van der Waals surface area contributed by atoms with Crippen LogP contribution in [0.2, 0.25) is 5.02 Å². The number of benzene rings is 2. The van der Waals surface area contributed by atoms with E-state index in [1.807, 2.05) is 0 Å². The Morgan fingerprint density at radius 1 is 1.21 bits per heavy atom. The van der Waals surface area contributed by atoms with Crippen LogP contribution in [-0.2, 0) is 6.73 Å². The molecule has 0 unspecified atom stereocenters. The van der Waals surface area contributed by atoms with Gasteiger partial charge in [-0.3, -0.25) is 14.9 Å². The molecule has 0 aliphatic carbocycles. The molecule has 3 aromatic rings. The minimum absolute atomic E-state index is 0.0968. The lowest BCUT2D eigenvalue weighted by atomic mass is 10.2. The van der Waals surface area contributed by atoms with Crippen molar-refractivity contribution in [1.29, 1.82) is 0 Å². The van der Waals surface area contributed by atoms with Crippen molar-refractivity contribution in [3.63, 3.8) is 0 Å². The topological polar surface area (TPSA) is 109 Å². The first-order valence-corrected chi connectivity index (χ1v) is 8.39. The fraction of sp³-hybridized carbons (Fsp3) is 0.111. The molecule has 2 aromatic carbocycles. The van der Waals surface area contributed by atoms with Gasteiger partial charge in [0.15, 0.2) is 12.4 Å². The molecule has 1 amide bonds. The van der Waals surface area contributed by atoms with Crippen molar-refractivity contribution < 1.29 is 19.2 Å². The van der Waals surface area contributed by atoms with Crippen LogP contribution in [-0.4, -0.2) is 27.7 Å². The summed E-state index contributed by atoms with van der Waals surface area (Å²) in [6.07, 6.45) is 1.58. The van der Waals surface area contributed by atoms with Crippen LogP contribution in [0.4, 0.5) is 11.4 Å². The first kappa shape index (κ1) is 19.2. The van der Waals surface area contributed by atoms with E-state index in [1.54, 1.807) is 30.5 Å². The molecule has 1 aromatic heterocycles. The second-order valence-electron chi connectivity index (χ2n) is 5.60. The van der Waals surface area contributed by atoms with Gasteiger partial charge in [0.1, 0.15) is 11.5 Å². The Balaban J connectivity index is 1.66. The molecule has 0 saturated carbocycles. The molecule has 0 bridgehead atoms. The molecule has 0 radical (unpaired) electrons. The van der Waals surface area contributed by atoms with Crippen LogP contribution in [0.3, 0.4) is 0 Å². The molecular formula is C18H15ClN4O5. The Hall–Kier alpha value is -3.59. The van der Waals surface area contributed by atoms with E-state index in [4.69, 9.17) is 21.1 Å². The summed E-state index contributed by atoms with van der Waals surface area (Å²) in [4.78, 5) is 22.8. The molecule has 144 valence electrons. The first-order chi connectivity index (χ1) is 13.4. The van der Waals surface area contributed by atoms with Gasteiger partial charge >= 0.3 is 0 Å². The van der Waals surface area contributed by atoms with Crippen LogP contribution in [0.25, 0.3) is 0 Å². The third kappa shape index (κ3) is 4.77. The number of anilines is 1. The van der Waals surface area contributed by atoms with E-state index in [0.717, 1.165) is 0 Å². The number of hydrogen-bond acceptors (Lipinski definition) is 6. The Labute approximate surface area is 164 Å². The number of amides is 1. The summed E-state index contributed by atoms with van der Waals surface area (Å²) >= 11 is 5.82. The van der Waals surface area contributed by atoms with Crippen LogP contribution in [0, 0.1) is 10.1 Å². The van der Waals surface area contributed by atoms with Crippen LogP contribution >= 0.6 is 11.6 Å². The zero-order valence-corrected chi connectivity index (χ0v) is 15.4. The zero-order valence-electron chi connectivity index (χ0n) is 14.7. The highest BCUT2D eigenvalue weighted by Crippen LogP contribution is 2.26. The quantitative estimate of drug-likeness (QED) is 0.476. The summed E-state index contributed by atoms with van der Waals surface area (Å²) in [7, 11) is 1.38. The van der Waals surface area contributed by atoms with E-state index in [2.05, 4.69) is 10.4 Å². The molecule has 0 spiro atoms. The van der Waals surface area contributed by atoms with E-state index in [1.165, 1.54) is 36.1 Å². The van der Waals surface area contributed by atoms with Crippen molar-refractivity contribution in [1.82, 2.24) is 9.78 Å². The largest absolute Gasteiger partial charge is 0.496 e. The molecular weight excluding hydrogens is 388 g/mol. The van der Waals surface area contributed by atoms with Gasteiger partial charge in [-0.15, -0.1) is 0 Å². The summed E-state index contributed by atoms with van der Waals surface area (Å²) < 4.78 is 12.0. The lowest BCUT2D eigenvalue weighted by Crippen LogP contribution is -2.14. The van der Waals surface area contributed by atoms with Crippen molar-refractivity contribution in [2.75, 3.05) is 12.4 Å². The maximum Gasteiger partial charge on any atom is 0.276 e. The lowest BCUT2D eigenvalue weighted by Gasteiger charge is -2.07. The van der Waals surface area contributed by atoms with Gasteiger partial charge in [0.05, 0.1) is 23.8 Å². The molecule has 0 saturated heterocycles. The number of aromatic nitrogens is 2. The highest BCUT2D eigenvalue weighted by Gasteiger charge is 2.15. The van der Waals surface area contributed by atoms with Crippen molar-refractivity contribution >= 4 is 28.9 Å². The number of nitrogens with zero attached hydrogens (tertiary/aromatic N) is 3. The van der Waals surface area contributed by atoms with Gasteiger partial charge < -0.3 is 14.8 Å². The number of nitro groups is 1. The van der Waals surface area contributed by atoms with E-state index >= 15 is 0 Å². The number of carbonyl (C=O) groups is 1. The number of carbonyl (C=O) groups excluding carboxylic acids is 1. The average Bonchev–Trinajstić information content (AvgIpc) is 3.16. The number of methoxy groups -OCH3 is 1. The van der Waals surface area contributed by atoms with Crippen LogP contribution < -0.4 is 14.8 Å². The second kappa shape index (κ2) is 8.40. The Bertz CT molecular complexity index is 1000. The van der Waals surface area contributed by atoms with Gasteiger partial charge in [0.25, 0.3) is 11.6 Å². The molecule has 1 N–H and O–H groups in total. The molecule has 10 heteroatoms. The van der Waals surface area contributed by atoms with Crippen molar-refractivity contribution in [2.45, 2.75) is 6.73 Å². The standard InChI is InChI=1S/C18H15ClN4O5/c1-27-16-9-13(8-14(10-16)23(25)26)20-18(24)17-6-7-22(21-17)11-28-15-4-2-12(19)3-5-15/h2-10H,11H2,1H3,(H,20,24). The fourth-order valence-corrected chi connectivity index (χ4v) is 2.43. The number of non-ortho nitro benzene ring substituents is 1. The number of hydrogen-bond donors (Lipinski definition) is 1. The monoisotopic (exact) mass is 402 g/mol. The molecule has 0 aliphatic heterocycles. The number of nitrogens with one attached hydrogen (secondary N) is 1. The van der Waals surface area contributed by atoms with Crippen LogP contribution in [0.1, 0.15) is 10.5 Å². The molecule has 0 fully saturated rings. The second-order valence-corrected chi connectivity index (χ2v) is 6.04. The predicted octanol–water partition coefficient (Wildman–Crippen LogP) is 3.74. The van der Waals surface area contributed by atoms with Crippen LogP contribution in [0.15, 0.2) is 54.7 Å². The van der Waals surface area contributed by atoms with Crippen LogP contribution in [0.5, 0.6) is 11.5 Å². The highest BCUT2D eigenvalue weighted by atomic mass is 35.5. The summed E-state index contributed by atoms with van der Waals surface area (Å²) in [5.74, 6) is 0.341. The van der Waals surface area contributed by atoms with Gasteiger partial charge in [-0.05, 0) is 30.3 Å². The molecule has 3 rings (SSSR count). The number of nitro benzene ring substituents is 1. The van der Waals surface area contributed by atoms with E-state index < -0.39 is 10.8 Å². The van der Waals surface area contributed by atoms with Crippen molar-refractivity contribution in [2.24, 2.45) is 0 Å². The molecule has 0 aliphatic rings. The van der Waals surface area contributed by atoms with Gasteiger partial charge in [-0.25, -0.2) is 4.68 Å². The third-order valence-electron chi connectivity index (χ3n) is 3.65. The van der Waals surface area contributed by atoms with E-state index in [-0.39, 0.29) is 29.5 Å². The smallest absolute Gasteiger partial charge is 0.276 e. The fourth-order valence-electron chi connectivity index (χ4n) is 2.30. The summed E-state index contributed by atoms with van der Waals surface area (Å²) in [5, 5.41) is 18.3. The highest BCUT2D eigenvalue weighted by molar-refractivity contribution is 6.30. The SMILES string of the molecule is COc1cc(NC(=O)c2ccn(COc3ccc(Cl)cc3)n2)cc([N+](=O)[O-])c1. The molecule has 1 heterocycles. The van der Waals surface area contributed by atoms with Gasteiger partial charge in [0, 0.05) is 23.4 Å². The van der Waals surface area contributed by atoms with Crippen molar-refractivity contribution in [3.8, 4) is 11.5 Å². The van der Waals surface area contributed by atoms with Gasteiger partial charge in [-0.1, -0.05) is 11.6 Å².